The van der Waals surface area contributed by atoms with Crippen molar-refractivity contribution in [3.63, 3.8) is 0 Å². The summed E-state index contributed by atoms with van der Waals surface area (Å²) in [6.07, 6.45) is -0.120. The molecule has 0 aliphatic carbocycles. The highest BCUT2D eigenvalue weighted by molar-refractivity contribution is 7.89. The average molecular weight is 407 g/mol. The van der Waals surface area contributed by atoms with E-state index in [9.17, 15) is 17.2 Å². The molecule has 27 heavy (non-hydrogen) atoms. The van der Waals surface area contributed by atoms with Gasteiger partial charge in [0.1, 0.15) is 12.4 Å². The molecule has 156 valence electrons. The van der Waals surface area contributed by atoms with E-state index in [-0.39, 0.29) is 16.2 Å². The van der Waals surface area contributed by atoms with E-state index in [1.165, 1.54) is 24.3 Å². The summed E-state index contributed by atoms with van der Waals surface area (Å²) in [6.45, 7) is 10.1. The smallest absolute Gasteiger partial charge is 0.272 e. The molecule has 0 bridgehead atoms. The van der Waals surface area contributed by atoms with Crippen LogP contribution in [0, 0.1) is 0 Å². The van der Waals surface area contributed by atoms with Gasteiger partial charge in [0.25, 0.3) is 6.43 Å². The lowest BCUT2D eigenvalue weighted by Gasteiger charge is -2.26. The standard InChI is InChI=1S/C19H32F2N2O3S/c1-18(2,3)22-12-7-6-11-19(4,5)23-27(24,25)16-10-8-9-15(13-16)26-14-17(20)21/h8-10,13,17,22-23H,6-7,11-12,14H2,1-5H3. The van der Waals surface area contributed by atoms with Gasteiger partial charge in [0, 0.05) is 17.1 Å². The minimum absolute atomic E-state index is 0.00302. The lowest BCUT2D eigenvalue weighted by Crippen LogP contribution is -2.43. The molecule has 0 amide bonds. The first-order chi connectivity index (χ1) is 12.3. The van der Waals surface area contributed by atoms with Crippen LogP contribution in [0.15, 0.2) is 29.2 Å². The number of benzene rings is 1. The van der Waals surface area contributed by atoms with Gasteiger partial charge >= 0.3 is 0 Å². The van der Waals surface area contributed by atoms with Crippen molar-refractivity contribution in [1.82, 2.24) is 10.0 Å². The Morgan fingerprint density at radius 3 is 2.37 bits per heavy atom. The third-order valence-corrected chi connectivity index (χ3v) is 5.48. The molecular weight excluding hydrogens is 374 g/mol. The van der Waals surface area contributed by atoms with Gasteiger partial charge in [0.05, 0.1) is 4.90 Å². The summed E-state index contributed by atoms with van der Waals surface area (Å²) >= 11 is 0. The number of sulfonamides is 1. The van der Waals surface area contributed by atoms with Gasteiger partial charge in [-0.25, -0.2) is 21.9 Å². The first kappa shape index (κ1) is 23.8. The predicted molar refractivity (Wildman–Crippen MR) is 104 cm³/mol. The number of halogens is 2. The molecule has 2 N–H and O–H groups in total. The normalized spacial score (nSPS) is 13.2. The fourth-order valence-electron chi connectivity index (χ4n) is 2.52. The van der Waals surface area contributed by atoms with Crippen molar-refractivity contribution in [2.45, 2.75) is 76.3 Å². The van der Waals surface area contributed by atoms with Gasteiger partial charge in [-0.3, -0.25) is 0 Å². The quantitative estimate of drug-likeness (QED) is 0.546. The van der Waals surface area contributed by atoms with Crippen molar-refractivity contribution >= 4 is 10.0 Å². The molecular formula is C19H32F2N2O3S. The van der Waals surface area contributed by atoms with Gasteiger partial charge in [-0.2, -0.15) is 0 Å². The van der Waals surface area contributed by atoms with Crippen molar-refractivity contribution in [2.24, 2.45) is 0 Å². The topological polar surface area (TPSA) is 67.4 Å². The summed E-state index contributed by atoms with van der Waals surface area (Å²) in [6, 6.07) is 5.60. The summed E-state index contributed by atoms with van der Waals surface area (Å²) < 4.78 is 57.4. The van der Waals surface area contributed by atoms with Crippen LogP contribution in [0.1, 0.15) is 53.9 Å². The van der Waals surface area contributed by atoms with Gasteiger partial charge < -0.3 is 10.1 Å². The van der Waals surface area contributed by atoms with E-state index in [1.807, 2.05) is 13.8 Å². The van der Waals surface area contributed by atoms with E-state index < -0.39 is 28.6 Å². The minimum Gasteiger partial charge on any atom is -0.488 e. The van der Waals surface area contributed by atoms with E-state index in [1.54, 1.807) is 0 Å². The van der Waals surface area contributed by atoms with Gasteiger partial charge in [-0.1, -0.05) is 12.5 Å². The maximum Gasteiger partial charge on any atom is 0.272 e. The Hall–Kier alpha value is -1.25. The molecule has 0 spiro atoms. The number of unbranched alkanes of at least 4 members (excludes halogenated alkanes) is 1. The number of ether oxygens (including phenoxy) is 1. The summed E-state index contributed by atoms with van der Waals surface area (Å²) in [5.41, 5.74) is -0.561. The Morgan fingerprint density at radius 1 is 1.11 bits per heavy atom. The highest BCUT2D eigenvalue weighted by Gasteiger charge is 2.26. The van der Waals surface area contributed by atoms with Crippen molar-refractivity contribution in [3.05, 3.63) is 24.3 Å². The van der Waals surface area contributed by atoms with E-state index >= 15 is 0 Å². The highest BCUT2D eigenvalue weighted by Crippen LogP contribution is 2.21. The third kappa shape index (κ3) is 10.0. The van der Waals surface area contributed by atoms with Gasteiger partial charge in [0.15, 0.2) is 0 Å². The second kappa shape index (κ2) is 9.80. The summed E-state index contributed by atoms with van der Waals surface area (Å²) in [4.78, 5) is -0.00302. The maximum absolute atomic E-state index is 12.6. The van der Waals surface area contributed by atoms with Gasteiger partial charge in [0.2, 0.25) is 10.0 Å². The second-order valence-corrected chi connectivity index (χ2v) is 9.98. The number of nitrogens with one attached hydrogen (secondary N) is 2. The van der Waals surface area contributed by atoms with E-state index in [0.29, 0.717) is 6.42 Å². The van der Waals surface area contributed by atoms with Crippen LogP contribution in [0.4, 0.5) is 8.78 Å². The lowest BCUT2D eigenvalue weighted by molar-refractivity contribution is 0.0818. The molecule has 0 atom stereocenters. The van der Waals surface area contributed by atoms with Crippen molar-refractivity contribution in [2.75, 3.05) is 13.2 Å². The van der Waals surface area contributed by atoms with Crippen molar-refractivity contribution in [1.29, 1.82) is 0 Å². The van der Waals surface area contributed by atoms with E-state index in [0.717, 1.165) is 19.4 Å². The molecule has 0 saturated carbocycles. The second-order valence-electron chi connectivity index (χ2n) is 8.30. The Balaban J connectivity index is 2.63. The van der Waals surface area contributed by atoms with Crippen LogP contribution in [-0.2, 0) is 10.0 Å². The lowest BCUT2D eigenvalue weighted by atomic mass is 9.98. The molecule has 0 unspecified atom stereocenters. The molecule has 0 aliphatic rings. The zero-order valence-corrected chi connectivity index (χ0v) is 17.6. The van der Waals surface area contributed by atoms with Crippen LogP contribution in [0.2, 0.25) is 0 Å². The highest BCUT2D eigenvalue weighted by atomic mass is 32.2. The van der Waals surface area contributed by atoms with Crippen molar-refractivity contribution in [3.8, 4) is 5.75 Å². The molecule has 0 aliphatic heterocycles. The van der Waals surface area contributed by atoms with Crippen LogP contribution in [0.25, 0.3) is 0 Å². The number of alkyl halides is 2. The number of hydrogen-bond donors (Lipinski definition) is 2. The van der Waals surface area contributed by atoms with Crippen LogP contribution >= 0.6 is 0 Å². The number of rotatable bonds is 11. The van der Waals surface area contributed by atoms with E-state index in [4.69, 9.17) is 4.74 Å². The number of hydrogen-bond acceptors (Lipinski definition) is 4. The van der Waals surface area contributed by atoms with Crippen LogP contribution < -0.4 is 14.8 Å². The Bertz CT molecular complexity index is 686. The summed E-state index contributed by atoms with van der Waals surface area (Å²) in [7, 11) is -3.78. The molecule has 0 saturated heterocycles. The van der Waals surface area contributed by atoms with Gasteiger partial charge in [-0.05, 0) is 66.1 Å². The summed E-state index contributed by atoms with van der Waals surface area (Å²) in [5.74, 6) is 0.101. The van der Waals surface area contributed by atoms with Crippen molar-refractivity contribution < 1.29 is 21.9 Å². The monoisotopic (exact) mass is 406 g/mol. The average Bonchev–Trinajstić information content (AvgIpc) is 2.50. The van der Waals surface area contributed by atoms with Crippen LogP contribution in [0.5, 0.6) is 5.75 Å². The molecule has 0 radical (unpaired) electrons. The minimum atomic E-state index is -3.78. The molecule has 0 heterocycles. The summed E-state index contributed by atoms with van der Waals surface area (Å²) in [5, 5.41) is 3.40. The zero-order chi connectivity index (χ0) is 20.7. The Morgan fingerprint density at radius 2 is 1.78 bits per heavy atom. The van der Waals surface area contributed by atoms with Crippen LogP contribution in [-0.4, -0.2) is 39.1 Å². The third-order valence-electron chi connectivity index (χ3n) is 3.79. The molecule has 1 aromatic carbocycles. The molecule has 0 fully saturated rings. The zero-order valence-electron chi connectivity index (χ0n) is 16.8. The largest absolute Gasteiger partial charge is 0.488 e. The Labute approximate surface area is 161 Å². The molecule has 0 aromatic heterocycles. The van der Waals surface area contributed by atoms with Gasteiger partial charge in [-0.15, -0.1) is 0 Å². The molecule has 8 heteroatoms. The SMILES string of the molecule is CC(C)(C)NCCCCC(C)(C)NS(=O)(=O)c1cccc(OCC(F)F)c1. The molecule has 1 aromatic rings. The Kier molecular flexibility index (Phi) is 8.63. The molecule has 1 rings (SSSR count). The van der Waals surface area contributed by atoms with Crippen LogP contribution in [0.3, 0.4) is 0 Å². The fraction of sp³-hybridized carbons (Fsp3) is 0.684. The molecule has 5 nitrogen and oxygen atoms in total. The van der Waals surface area contributed by atoms with E-state index in [2.05, 4.69) is 30.8 Å². The maximum atomic E-state index is 12.6. The first-order valence-electron chi connectivity index (χ1n) is 9.11. The fourth-order valence-corrected chi connectivity index (χ4v) is 4.00. The predicted octanol–water partition coefficient (Wildman–Crippen LogP) is 3.95. The first-order valence-corrected chi connectivity index (χ1v) is 10.6.